The van der Waals surface area contributed by atoms with Crippen molar-refractivity contribution in [3.63, 3.8) is 0 Å². The first-order chi connectivity index (χ1) is 17.4. The maximum absolute atomic E-state index is 14.5. The molecule has 6 rings (SSSR count). The number of halogens is 3. The quantitative estimate of drug-likeness (QED) is 0.319. The Balaban J connectivity index is 1.17. The minimum atomic E-state index is -0.674. The number of nitrogens with zero attached hydrogens (tertiary/aromatic N) is 2. The van der Waals surface area contributed by atoms with E-state index in [1.54, 1.807) is 18.2 Å². The smallest absolute Gasteiger partial charge is 0.340 e. The van der Waals surface area contributed by atoms with Gasteiger partial charge in [0.1, 0.15) is 17.3 Å². The van der Waals surface area contributed by atoms with Crippen molar-refractivity contribution in [2.75, 3.05) is 18.6 Å². The number of hydrogen-bond acceptors (Lipinski definition) is 6. The number of carbonyl (C=O) groups excluding carboxylic acids is 1. The number of ether oxygens (including phenoxy) is 2. The molecule has 188 valence electrons. The van der Waals surface area contributed by atoms with Gasteiger partial charge in [-0.1, -0.05) is 34.4 Å². The van der Waals surface area contributed by atoms with Gasteiger partial charge in [0.15, 0.2) is 0 Å². The van der Waals surface area contributed by atoms with Crippen LogP contribution in [0.2, 0.25) is 10.0 Å². The van der Waals surface area contributed by atoms with Gasteiger partial charge in [0.2, 0.25) is 0 Å². The number of methoxy groups -OCH3 is 1. The van der Waals surface area contributed by atoms with Crippen LogP contribution in [0.3, 0.4) is 0 Å². The average Bonchev–Trinajstić information content (AvgIpc) is 3.32. The lowest BCUT2D eigenvalue weighted by atomic mass is 10.0. The van der Waals surface area contributed by atoms with E-state index < -0.39 is 11.8 Å². The fourth-order valence-electron chi connectivity index (χ4n) is 5.62. The van der Waals surface area contributed by atoms with Crippen LogP contribution in [0.25, 0.3) is 11.3 Å². The third-order valence-electron chi connectivity index (χ3n) is 7.57. The molecule has 0 N–H and O–H groups in total. The number of aromatic nitrogens is 1. The minimum Gasteiger partial charge on any atom is -0.465 e. The van der Waals surface area contributed by atoms with Gasteiger partial charge in [0.05, 0.1) is 35.4 Å². The van der Waals surface area contributed by atoms with Crippen molar-refractivity contribution < 1.29 is 23.2 Å². The van der Waals surface area contributed by atoms with E-state index in [1.165, 1.54) is 19.2 Å². The highest BCUT2D eigenvalue weighted by Gasteiger charge is 2.46. The van der Waals surface area contributed by atoms with Gasteiger partial charge < -0.3 is 18.9 Å². The van der Waals surface area contributed by atoms with Crippen LogP contribution in [0.5, 0.6) is 0 Å². The van der Waals surface area contributed by atoms with Gasteiger partial charge in [-0.15, -0.1) is 0 Å². The first-order valence-corrected chi connectivity index (χ1v) is 12.9. The molecule has 3 fully saturated rings. The summed E-state index contributed by atoms with van der Waals surface area (Å²) in [5.41, 5.74) is 2.97. The van der Waals surface area contributed by atoms with Crippen LogP contribution >= 0.6 is 23.2 Å². The van der Waals surface area contributed by atoms with Crippen LogP contribution in [0.4, 0.5) is 10.1 Å². The summed E-state index contributed by atoms with van der Waals surface area (Å²) in [6, 6.07) is 10.3. The molecule has 36 heavy (non-hydrogen) atoms. The van der Waals surface area contributed by atoms with E-state index in [2.05, 4.69) is 14.8 Å². The van der Waals surface area contributed by atoms with Crippen molar-refractivity contribution >= 4 is 34.9 Å². The van der Waals surface area contributed by atoms with Gasteiger partial charge in [-0.2, -0.15) is 0 Å². The molecule has 2 bridgehead atoms. The fourth-order valence-corrected chi connectivity index (χ4v) is 6.20. The number of rotatable bonds is 7. The SMILES string of the molecule is COC(=O)c1ccc(N2C[C@@H]3C[C@H]2C[C@H]3OCc2c(-c3c(Cl)cccc3Cl)noc2C2CC2)cc1F. The highest BCUT2D eigenvalue weighted by Crippen LogP contribution is 2.47. The fraction of sp³-hybridized carbons (Fsp3) is 0.407. The molecule has 2 saturated carbocycles. The van der Waals surface area contributed by atoms with Crippen LogP contribution in [0, 0.1) is 11.7 Å². The summed E-state index contributed by atoms with van der Waals surface area (Å²) < 4.78 is 31.4. The molecular weight excluding hydrogens is 506 g/mol. The van der Waals surface area contributed by atoms with Crippen molar-refractivity contribution in [2.24, 2.45) is 5.92 Å². The molecule has 6 nitrogen and oxygen atoms in total. The summed E-state index contributed by atoms with van der Waals surface area (Å²) in [5.74, 6) is 0.319. The number of carbonyl (C=O) groups is 1. The second kappa shape index (κ2) is 9.36. The van der Waals surface area contributed by atoms with E-state index in [9.17, 15) is 9.18 Å². The summed E-state index contributed by atoms with van der Waals surface area (Å²) in [6.07, 6.45) is 4.06. The van der Waals surface area contributed by atoms with E-state index in [0.717, 1.165) is 49.2 Å². The Morgan fingerprint density at radius 1 is 1.19 bits per heavy atom. The third kappa shape index (κ3) is 4.17. The Morgan fingerprint density at radius 2 is 1.97 bits per heavy atom. The summed E-state index contributed by atoms with van der Waals surface area (Å²) in [5, 5.41) is 5.40. The number of anilines is 1. The maximum Gasteiger partial charge on any atom is 0.340 e. The molecule has 1 aromatic heterocycles. The first-order valence-electron chi connectivity index (χ1n) is 12.1. The van der Waals surface area contributed by atoms with Gasteiger partial charge in [0.25, 0.3) is 0 Å². The van der Waals surface area contributed by atoms with E-state index >= 15 is 0 Å². The Bertz CT molecular complexity index is 1300. The predicted octanol–water partition coefficient (Wildman–Crippen LogP) is 6.64. The lowest BCUT2D eigenvalue weighted by molar-refractivity contribution is 0.0122. The van der Waals surface area contributed by atoms with E-state index in [-0.39, 0.29) is 17.7 Å². The largest absolute Gasteiger partial charge is 0.465 e. The molecule has 0 spiro atoms. The molecule has 3 atom stereocenters. The van der Waals surface area contributed by atoms with Crippen LogP contribution < -0.4 is 4.90 Å². The predicted molar refractivity (Wildman–Crippen MR) is 134 cm³/mol. The van der Waals surface area contributed by atoms with E-state index in [1.807, 2.05) is 6.07 Å². The third-order valence-corrected chi connectivity index (χ3v) is 8.20. The Labute approximate surface area is 218 Å². The molecule has 9 heteroatoms. The lowest BCUT2D eigenvalue weighted by Gasteiger charge is -2.33. The highest BCUT2D eigenvalue weighted by atomic mass is 35.5. The topological polar surface area (TPSA) is 64.8 Å². The van der Waals surface area contributed by atoms with Crippen molar-refractivity contribution in [1.29, 1.82) is 0 Å². The highest BCUT2D eigenvalue weighted by molar-refractivity contribution is 6.39. The Morgan fingerprint density at radius 3 is 2.61 bits per heavy atom. The molecule has 0 amide bonds. The van der Waals surface area contributed by atoms with Gasteiger partial charge in [-0.3, -0.25) is 0 Å². The number of piperidine rings is 1. The molecule has 0 unspecified atom stereocenters. The monoisotopic (exact) mass is 530 g/mol. The molecule has 3 aromatic rings. The normalized spacial score (nSPS) is 22.9. The molecule has 2 heterocycles. The van der Waals surface area contributed by atoms with Crippen molar-refractivity contribution in [1.82, 2.24) is 5.16 Å². The summed E-state index contributed by atoms with van der Waals surface area (Å²) in [6.45, 7) is 1.15. The first kappa shape index (κ1) is 23.8. The molecule has 1 saturated heterocycles. The number of benzene rings is 2. The second-order valence-electron chi connectivity index (χ2n) is 9.79. The number of fused-ring (bicyclic) bond motifs is 2. The van der Waals surface area contributed by atoms with Crippen LogP contribution in [-0.4, -0.2) is 36.9 Å². The maximum atomic E-state index is 14.5. The average molecular weight is 531 g/mol. The molecule has 0 radical (unpaired) electrons. The number of hydrogen-bond donors (Lipinski definition) is 0. The standard InChI is InChI=1S/C27H25Cl2FN2O4/c1-34-27(33)18-8-7-16(10-22(18)30)32-12-15-9-17(32)11-23(15)35-13-19-25(31-36-26(19)14-5-6-14)24-20(28)3-2-4-21(24)29/h2-4,7-8,10,14-15,17,23H,5-6,9,11-13H2,1H3/t15-,17-,23+/m0/s1. The van der Waals surface area contributed by atoms with Gasteiger partial charge in [0, 0.05) is 41.2 Å². The summed E-state index contributed by atoms with van der Waals surface area (Å²) in [4.78, 5) is 13.9. The van der Waals surface area contributed by atoms with E-state index in [4.69, 9.17) is 32.5 Å². The molecule has 1 aliphatic heterocycles. The van der Waals surface area contributed by atoms with Crippen LogP contribution in [0.15, 0.2) is 40.9 Å². The molecule has 2 aromatic carbocycles. The lowest BCUT2D eigenvalue weighted by Crippen LogP contribution is -2.38. The van der Waals surface area contributed by atoms with Gasteiger partial charge in [-0.25, -0.2) is 9.18 Å². The van der Waals surface area contributed by atoms with Crippen molar-refractivity contribution in [3.8, 4) is 11.3 Å². The van der Waals surface area contributed by atoms with E-state index in [0.29, 0.717) is 39.7 Å². The summed E-state index contributed by atoms with van der Waals surface area (Å²) >= 11 is 13.0. The second-order valence-corrected chi connectivity index (χ2v) is 10.6. The zero-order chi connectivity index (χ0) is 25.0. The zero-order valence-corrected chi connectivity index (χ0v) is 21.2. The molecular formula is C27H25Cl2FN2O4. The zero-order valence-electron chi connectivity index (χ0n) is 19.7. The minimum absolute atomic E-state index is 0.0542. The van der Waals surface area contributed by atoms with Gasteiger partial charge in [-0.05, 0) is 56.0 Å². The van der Waals surface area contributed by atoms with Crippen molar-refractivity contribution in [3.05, 3.63) is 69.1 Å². The van der Waals surface area contributed by atoms with Crippen LogP contribution in [-0.2, 0) is 16.1 Å². The molecule has 3 aliphatic rings. The Hall–Kier alpha value is -2.61. The molecule has 2 aliphatic carbocycles. The van der Waals surface area contributed by atoms with Gasteiger partial charge >= 0.3 is 5.97 Å². The van der Waals surface area contributed by atoms with Crippen LogP contribution in [0.1, 0.15) is 53.3 Å². The summed E-state index contributed by atoms with van der Waals surface area (Å²) in [7, 11) is 1.24. The Kier molecular flexibility index (Phi) is 6.18. The number of esters is 1. The van der Waals surface area contributed by atoms with Crippen molar-refractivity contribution in [2.45, 2.75) is 50.4 Å².